The van der Waals surface area contributed by atoms with Crippen LogP contribution in [0.2, 0.25) is 0 Å². The first-order valence-electron chi connectivity index (χ1n) is 9.58. The number of aromatic nitrogens is 4. The molecule has 0 fully saturated rings. The quantitative estimate of drug-likeness (QED) is 0.732. The van der Waals surface area contributed by atoms with E-state index in [9.17, 15) is 4.79 Å². The molecule has 3 aromatic rings. The monoisotopic (exact) mass is 363 g/mol. The van der Waals surface area contributed by atoms with E-state index >= 15 is 0 Å². The number of aromatic amines is 1. The summed E-state index contributed by atoms with van der Waals surface area (Å²) in [6, 6.07) is 9.98. The second-order valence-electron chi connectivity index (χ2n) is 7.21. The van der Waals surface area contributed by atoms with Crippen molar-refractivity contribution in [2.75, 3.05) is 7.05 Å². The number of aryl methyl sites for hydroxylation is 2. The van der Waals surface area contributed by atoms with Gasteiger partial charge in [-0.1, -0.05) is 18.2 Å². The van der Waals surface area contributed by atoms with Crippen molar-refractivity contribution in [2.24, 2.45) is 0 Å². The second kappa shape index (κ2) is 7.78. The lowest BCUT2D eigenvalue weighted by Crippen LogP contribution is -2.26. The molecular weight excluding hydrogens is 338 g/mol. The Kier molecular flexibility index (Phi) is 5.05. The van der Waals surface area contributed by atoms with Gasteiger partial charge >= 0.3 is 0 Å². The van der Waals surface area contributed by atoms with Gasteiger partial charge in [-0.05, 0) is 43.4 Å². The van der Waals surface area contributed by atoms with E-state index in [1.165, 1.54) is 24.1 Å². The zero-order valence-electron chi connectivity index (χ0n) is 15.7. The molecular formula is C21H25N5O. The van der Waals surface area contributed by atoms with E-state index in [1.807, 2.05) is 54.5 Å². The van der Waals surface area contributed by atoms with E-state index in [0.29, 0.717) is 19.4 Å². The number of fused-ring (bicyclic) bond motifs is 1. The SMILES string of the molecule is CN(Cc1cnn(-c2ccccc2)c1)C(=O)CCc1n[nH]c2c1CCCC2. The van der Waals surface area contributed by atoms with Crippen molar-refractivity contribution in [3.8, 4) is 5.69 Å². The molecule has 0 atom stereocenters. The number of benzene rings is 1. The molecule has 0 radical (unpaired) electrons. The molecule has 1 aliphatic carbocycles. The lowest BCUT2D eigenvalue weighted by molar-refractivity contribution is -0.130. The van der Waals surface area contributed by atoms with Gasteiger partial charge in [0, 0.05) is 43.9 Å². The van der Waals surface area contributed by atoms with Crippen LogP contribution in [0, 0.1) is 0 Å². The molecule has 1 aliphatic rings. The normalized spacial score (nSPS) is 13.4. The Morgan fingerprint density at radius 2 is 2.04 bits per heavy atom. The van der Waals surface area contributed by atoms with E-state index in [4.69, 9.17) is 0 Å². The zero-order valence-corrected chi connectivity index (χ0v) is 15.7. The van der Waals surface area contributed by atoms with Gasteiger partial charge in [0.25, 0.3) is 0 Å². The van der Waals surface area contributed by atoms with Gasteiger partial charge < -0.3 is 4.90 Å². The Hall–Kier alpha value is -2.89. The Morgan fingerprint density at radius 1 is 1.22 bits per heavy atom. The Bertz CT molecular complexity index is 912. The van der Waals surface area contributed by atoms with Crippen molar-refractivity contribution in [2.45, 2.75) is 45.1 Å². The fourth-order valence-corrected chi connectivity index (χ4v) is 3.70. The molecule has 1 amide bonds. The van der Waals surface area contributed by atoms with Crippen LogP contribution in [0.25, 0.3) is 5.69 Å². The number of H-pyrrole nitrogens is 1. The van der Waals surface area contributed by atoms with Crippen LogP contribution in [-0.4, -0.2) is 37.8 Å². The number of rotatable bonds is 6. The summed E-state index contributed by atoms with van der Waals surface area (Å²) < 4.78 is 1.84. The lowest BCUT2D eigenvalue weighted by Gasteiger charge is -2.16. The minimum atomic E-state index is 0.134. The molecule has 2 aromatic heterocycles. The molecule has 6 nitrogen and oxygen atoms in total. The van der Waals surface area contributed by atoms with Gasteiger partial charge in [-0.25, -0.2) is 4.68 Å². The number of carbonyl (C=O) groups excluding carboxylic acids is 1. The smallest absolute Gasteiger partial charge is 0.223 e. The summed E-state index contributed by atoms with van der Waals surface area (Å²) in [5.74, 6) is 0.134. The summed E-state index contributed by atoms with van der Waals surface area (Å²) in [6.07, 6.45) is 9.61. The average molecular weight is 363 g/mol. The molecule has 0 unspecified atom stereocenters. The van der Waals surface area contributed by atoms with Gasteiger partial charge in [0.05, 0.1) is 17.6 Å². The van der Waals surface area contributed by atoms with Crippen LogP contribution >= 0.6 is 0 Å². The molecule has 0 saturated heterocycles. The number of para-hydroxylation sites is 1. The summed E-state index contributed by atoms with van der Waals surface area (Å²) in [5, 5.41) is 12.0. The third-order valence-electron chi connectivity index (χ3n) is 5.22. The number of hydrogen-bond acceptors (Lipinski definition) is 3. The summed E-state index contributed by atoms with van der Waals surface area (Å²) >= 11 is 0. The van der Waals surface area contributed by atoms with Crippen molar-refractivity contribution < 1.29 is 4.79 Å². The molecule has 4 rings (SSSR count). The molecule has 0 saturated carbocycles. The molecule has 0 bridgehead atoms. The maximum Gasteiger partial charge on any atom is 0.223 e. The van der Waals surface area contributed by atoms with E-state index in [-0.39, 0.29) is 5.91 Å². The van der Waals surface area contributed by atoms with E-state index in [2.05, 4.69) is 15.3 Å². The van der Waals surface area contributed by atoms with Crippen molar-refractivity contribution in [3.63, 3.8) is 0 Å². The molecule has 2 heterocycles. The molecule has 1 N–H and O–H groups in total. The van der Waals surface area contributed by atoms with Gasteiger partial charge in [0.1, 0.15) is 0 Å². The van der Waals surface area contributed by atoms with E-state index in [0.717, 1.165) is 29.8 Å². The van der Waals surface area contributed by atoms with Crippen LogP contribution in [0.4, 0.5) is 0 Å². The summed E-state index contributed by atoms with van der Waals surface area (Å²) in [5.41, 5.74) is 5.72. The fourth-order valence-electron chi connectivity index (χ4n) is 3.70. The molecule has 0 spiro atoms. The third kappa shape index (κ3) is 3.94. The molecule has 27 heavy (non-hydrogen) atoms. The first-order chi connectivity index (χ1) is 13.2. The topological polar surface area (TPSA) is 66.8 Å². The lowest BCUT2D eigenvalue weighted by atomic mass is 9.94. The Morgan fingerprint density at radius 3 is 2.89 bits per heavy atom. The maximum absolute atomic E-state index is 12.5. The van der Waals surface area contributed by atoms with Crippen molar-refractivity contribution >= 4 is 5.91 Å². The maximum atomic E-state index is 12.5. The van der Waals surface area contributed by atoms with Crippen LogP contribution in [0.3, 0.4) is 0 Å². The molecule has 1 aromatic carbocycles. The number of amides is 1. The minimum absolute atomic E-state index is 0.134. The Labute approximate surface area is 159 Å². The Balaban J connectivity index is 1.33. The predicted octanol–water partition coefficient (Wildman–Crippen LogP) is 3.07. The molecule has 140 valence electrons. The highest BCUT2D eigenvalue weighted by atomic mass is 16.2. The third-order valence-corrected chi connectivity index (χ3v) is 5.22. The van der Waals surface area contributed by atoms with E-state index in [1.54, 1.807) is 4.90 Å². The highest BCUT2D eigenvalue weighted by molar-refractivity contribution is 5.76. The summed E-state index contributed by atoms with van der Waals surface area (Å²) in [6.45, 7) is 0.560. The van der Waals surface area contributed by atoms with Gasteiger partial charge in [-0.2, -0.15) is 10.2 Å². The fraction of sp³-hybridized carbons (Fsp3) is 0.381. The van der Waals surface area contributed by atoms with Crippen LogP contribution in [0.1, 0.15) is 41.8 Å². The standard InChI is InChI=1S/C21H25N5O/c1-25(14-16-13-22-26(15-16)17-7-3-2-4-8-17)21(27)12-11-20-18-9-5-6-10-19(18)23-24-20/h2-4,7-8,13,15H,5-6,9-12,14H2,1H3,(H,23,24). The van der Waals surface area contributed by atoms with Gasteiger partial charge in [-0.3, -0.25) is 9.89 Å². The van der Waals surface area contributed by atoms with Gasteiger partial charge in [0.15, 0.2) is 0 Å². The van der Waals surface area contributed by atoms with Gasteiger partial charge in [0.2, 0.25) is 5.91 Å². The van der Waals surface area contributed by atoms with Crippen LogP contribution in [0.15, 0.2) is 42.7 Å². The molecule has 0 aliphatic heterocycles. The van der Waals surface area contributed by atoms with Crippen LogP contribution in [0.5, 0.6) is 0 Å². The zero-order chi connectivity index (χ0) is 18.6. The predicted molar refractivity (Wildman–Crippen MR) is 104 cm³/mol. The van der Waals surface area contributed by atoms with Crippen molar-refractivity contribution in [1.29, 1.82) is 0 Å². The summed E-state index contributed by atoms with van der Waals surface area (Å²) in [4.78, 5) is 14.3. The number of nitrogens with zero attached hydrogens (tertiary/aromatic N) is 4. The summed E-state index contributed by atoms with van der Waals surface area (Å²) in [7, 11) is 1.85. The average Bonchev–Trinajstić information content (AvgIpc) is 3.34. The second-order valence-corrected chi connectivity index (χ2v) is 7.21. The number of carbonyl (C=O) groups is 1. The van der Waals surface area contributed by atoms with Gasteiger partial charge in [-0.15, -0.1) is 0 Å². The highest BCUT2D eigenvalue weighted by Crippen LogP contribution is 2.23. The van der Waals surface area contributed by atoms with Crippen LogP contribution in [-0.2, 0) is 30.6 Å². The van der Waals surface area contributed by atoms with Crippen molar-refractivity contribution in [3.05, 3.63) is 65.2 Å². The van der Waals surface area contributed by atoms with Crippen LogP contribution < -0.4 is 0 Å². The number of hydrogen-bond donors (Lipinski definition) is 1. The minimum Gasteiger partial charge on any atom is -0.341 e. The number of nitrogens with one attached hydrogen (secondary N) is 1. The highest BCUT2D eigenvalue weighted by Gasteiger charge is 2.18. The first-order valence-corrected chi connectivity index (χ1v) is 9.58. The molecule has 6 heteroatoms. The first kappa shape index (κ1) is 17.5. The van der Waals surface area contributed by atoms with E-state index < -0.39 is 0 Å². The largest absolute Gasteiger partial charge is 0.341 e. The van der Waals surface area contributed by atoms with Crippen molar-refractivity contribution in [1.82, 2.24) is 24.9 Å².